The van der Waals surface area contributed by atoms with Crippen molar-refractivity contribution in [1.82, 2.24) is 0 Å². The van der Waals surface area contributed by atoms with Crippen LogP contribution < -0.4 is 11.5 Å². The average Bonchev–Trinajstić information content (AvgIpc) is 2.56. The van der Waals surface area contributed by atoms with Crippen LogP contribution >= 0.6 is 22.9 Å². The van der Waals surface area contributed by atoms with E-state index in [9.17, 15) is 0 Å². The lowest BCUT2D eigenvalue weighted by Gasteiger charge is -2.04. The van der Waals surface area contributed by atoms with Gasteiger partial charge in [0.2, 0.25) is 0 Å². The van der Waals surface area contributed by atoms with Crippen LogP contribution in [-0.2, 0) is 0 Å². The van der Waals surface area contributed by atoms with Gasteiger partial charge < -0.3 is 11.5 Å². The third-order valence-corrected chi connectivity index (χ3v) is 3.31. The number of halogens is 1. The van der Waals surface area contributed by atoms with Crippen molar-refractivity contribution in [2.45, 2.75) is 0 Å². The second-order valence-electron chi connectivity index (χ2n) is 2.94. The van der Waals surface area contributed by atoms with Gasteiger partial charge in [-0.1, -0.05) is 11.6 Å². The number of nitrogens with two attached hydrogens (primary N) is 2. The van der Waals surface area contributed by atoms with Crippen LogP contribution in [0.2, 0.25) is 5.02 Å². The van der Waals surface area contributed by atoms with Gasteiger partial charge in [0, 0.05) is 16.9 Å². The van der Waals surface area contributed by atoms with Gasteiger partial charge in [-0.3, -0.25) is 0 Å². The average molecular weight is 225 g/mol. The van der Waals surface area contributed by atoms with Crippen LogP contribution in [0, 0.1) is 0 Å². The van der Waals surface area contributed by atoms with Gasteiger partial charge in [0.1, 0.15) is 0 Å². The van der Waals surface area contributed by atoms with Gasteiger partial charge in [-0.2, -0.15) is 0 Å². The van der Waals surface area contributed by atoms with E-state index in [1.165, 1.54) is 0 Å². The summed E-state index contributed by atoms with van der Waals surface area (Å²) in [5.74, 6) is 0. The molecule has 2 nitrogen and oxygen atoms in total. The Kier molecular flexibility index (Phi) is 2.35. The smallest absolute Gasteiger partial charge is 0.0593 e. The lowest BCUT2D eigenvalue weighted by atomic mass is 10.1. The molecule has 1 aromatic heterocycles. The second-order valence-corrected chi connectivity index (χ2v) is 4.27. The van der Waals surface area contributed by atoms with Crippen molar-refractivity contribution in [3.8, 4) is 10.4 Å². The molecule has 2 rings (SSSR count). The highest BCUT2D eigenvalue weighted by molar-refractivity contribution is 7.14. The first-order chi connectivity index (χ1) is 6.68. The third kappa shape index (κ3) is 1.56. The molecule has 72 valence electrons. The van der Waals surface area contributed by atoms with Gasteiger partial charge in [-0.25, -0.2) is 0 Å². The summed E-state index contributed by atoms with van der Waals surface area (Å²) < 4.78 is 0. The molecule has 4 N–H and O–H groups in total. The summed E-state index contributed by atoms with van der Waals surface area (Å²) in [7, 11) is 0. The minimum absolute atomic E-state index is 0.693. The van der Waals surface area contributed by atoms with Crippen molar-refractivity contribution < 1.29 is 0 Å². The van der Waals surface area contributed by atoms with E-state index in [2.05, 4.69) is 0 Å². The molecule has 0 bridgehead atoms. The van der Waals surface area contributed by atoms with Crippen LogP contribution in [0.15, 0.2) is 29.6 Å². The van der Waals surface area contributed by atoms with Gasteiger partial charge in [0.15, 0.2) is 0 Å². The molecule has 0 unspecified atom stereocenters. The minimum atomic E-state index is 0.693. The van der Waals surface area contributed by atoms with Crippen molar-refractivity contribution in [3.63, 3.8) is 0 Å². The van der Waals surface area contributed by atoms with Crippen LogP contribution in [0.3, 0.4) is 0 Å². The van der Waals surface area contributed by atoms with Crippen molar-refractivity contribution in [3.05, 3.63) is 34.7 Å². The molecule has 0 aliphatic heterocycles. The van der Waals surface area contributed by atoms with Crippen LogP contribution in [0.5, 0.6) is 0 Å². The van der Waals surface area contributed by atoms with Crippen molar-refractivity contribution in [2.75, 3.05) is 11.5 Å². The number of benzene rings is 1. The normalized spacial score (nSPS) is 10.4. The highest BCUT2D eigenvalue weighted by Crippen LogP contribution is 2.37. The molecule has 0 amide bonds. The zero-order valence-electron chi connectivity index (χ0n) is 7.33. The van der Waals surface area contributed by atoms with E-state index in [1.54, 1.807) is 23.5 Å². The topological polar surface area (TPSA) is 52.0 Å². The maximum absolute atomic E-state index is 6.01. The molecule has 1 aromatic carbocycles. The number of hydrogen-bond donors (Lipinski definition) is 2. The number of hydrogen-bond acceptors (Lipinski definition) is 3. The summed E-state index contributed by atoms with van der Waals surface area (Å²) >= 11 is 7.57. The Balaban J connectivity index is 2.62. The molecule has 0 radical (unpaired) electrons. The number of thiophene rings is 1. The summed E-state index contributed by atoms with van der Waals surface area (Å²) in [6, 6.07) is 7.26. The van der Waals surface area contributed by atoms with Crippen LogP contribution in [0.25, 0.3) is 10.4 Å². The van der Waals surface area contributed by atoms with E-state index in [0.29, 0.717) is 16.4 Å². The van der Waals surface area contributed by atoms with Crippen LogP contribution in [-0.4, -0.2) is 0 Å². The highest BCUT2D eigenvalue weighted by atomic mass is 35.5. The van der Waals surface area contributed by atoms with Gasteiger partial charge in [-0.15, -0.1) is 11.3 Å². The zero-order valence-corrected chi connectivity index (χ0v) is 8.90. The first-order valence-corrected chi connectivity index (χ1v) is 5.32. The molecule has 1 heterocycles. The summed E-state index contributed by atoms with van der Waals surface area (Å²) in [4.78, 5) is 0.969. The third-order valence-electron chi connectivity index (χ3n) is 1.94. The molecular formula is C10H9ClN2S. The fraction of sp³-hybridized carbons (Fsp3) is 0. The lowest BCUT2D eigenvalue weighted by molar-refractivity contribution is 1.66. The summed E-state index contributed by atoms with van der Waals surface area (Å²) in [5, 5.41) is 2.65. The van der Waals surface area contributed by atoms with Crippen LogP contribution in [0.1, 0.15) is 0 Å². The molecule has 0 fully saturated rings. The first-order valence-electron chi connectivity index (χ1n) is 4.07. The number of nitrogen functional groups attached to an aromatic ring is 2. The fourth-order valence-electron chi connectivity index (χ4n) is 1.26. The molecule has 0 saturated heterocycles. The molecule has 4 heteroatoms. The molecule has 2 aromatic rings. The van der Waals surface area contributed by atoms with Gasteiger partial charge >= 0.3 is 0 Å². The monoisotopic (exact) mass is 224 g/mol. The standard InChI is InChI=1S/C10H9ClN2S/c11-8-3-4-14-10(8)7-5-6(12)1-2-9(7)13/h1-5H,12-13H2. The van der Waals surface area contributed by atoms with Gasteiger partial charge in [0.25, 0.3) is 0 Å². The Labute approximate surface area is 91.1 Å². The Morgan fingerprint density at radius 1 is 1.14 bits per heavy atom. The fourth-order valence-corrected chi connectivity index (χ4v) is 2.45. The summed E-state index contributed by atoms with van der Waals surface area (Å²) in [6.45, 7) is 0. The minimum Gasteiger partial charge on any atom is -0.399 e. The van der Waals surface area contributed by atoms with Crippen LogP contribution in [0.4, 0.5) is 11.4 Å². The van der Waals surface area contributed by atoms with E-state index < -0.39 is 0 Å². The Morgan fingerprint density at radius 3 is 2.57 bits per heavy atom. The van der Waals surface area contributed by atoms with Crippen molar-refractivity contribution >= 4 is 34.3 Å². The van der Waals surface area contributed by atoms with E-state index in [1.807, 2.05) is 17.5 Å². The molecule has 14 heavy (non-hydrogen) atoms. The van der Waals surface area contributed by atoms with E-state index in [0.717, 1.165) is 10.4 Å². The molecular weight excluding hydrogens is 216 g/mol. The predicted molar refractivity (Wildman–Crippen MR) is 63.6 cm³/mol. The van der Waals surface area contributed by atoms with E-state index in [-0.39, 0.29) is 0 Å². The number of anilines is 2. The van der Waals surface area contributed by atoms with Gasteiger partial charge in [0.05, 0.1) is 9.90 Å². The van der Waals surface area contributed by atoms with E-state index >= 15 is 0 Å². The van der Waals surface area contributed by atoms with E-state index in [4.69, 9.17) is 23.1 Å². The maximum Gasteiger partial charge on any atom is 0.0593 e. The maximum atomic E-state index is 6.01. The second kappa shape index (κ2) is 3.52. The van der Waals surface area contributed by atoms with Crippen molar-refractivity contribution in [1.29, 1.82) is 0 Å². The Morgan fingerprint density at radius 2 is 1.93 bits per heavy atom. The van der Waals surface area contributed by atoms with Crippen molar-refractivity contribution in [2.24, 2.45) is 0 Å². The number of rotatable bonds is 1. The summed E-state index contributed by atoms with van der Waals surface area (Å²) in [6.07, 6.45) is 0. The lowest BCUT2D eigenvalue weighted by Crippen LogP contribution is -1.91. The molecule has 0 spiro atoms. The molecule has 0 aliphatic rings. The first kappa shape index (κ1) is 9.37. The largest absolute Gasteiger partial charge is 0.399 e. The Hall–Kier alpha value is -1.19. The summed E-state index contributed by atoms with van der Waals surface area (Å²) in [5.41, 5.74) is 13.8. The predicted octanol–water partition coefficient (Wildman–Crippen LogP) is 3.23. The molecule has 0 saturated carbocycles. The quantitative estimate of drug-likeness (QED) is 0.731. The Bertz CT molecular complexity index is 465. The highest BCUT2D eigenvalue weighted by Gasteiger charge is 2.08. The zero-order chi connectivity index (χ0) is 10.1. The SMILES string of the molecule is Nc1ccc(N)c(-c2sccc2Cl)c1. The molecule has 0 atom stereocenters. The molecule has 0 aliphatic carbocycles. The van der Waals surface area contributed by atoms with Gasteiger partial charge in [-0.05, 0) is 29.6 Å².